The van der Waals surface area contributed by atoms with Crippen molar-refractivity contribution >= 4 is 50.7 Å². The zero-order chi connectivity index (χ0) is 23.5. The molecule has 6 N–H and O–H groups in total. The van der Waals surface area contributed by atoms with Crippen molar-refractivity contribution in [3.8, 4) is 5.75 Å². The Labute approximate surface area is 187 Å². The maximum Gasteiger partial charge on any atom is 0.255 e. The second kappa shape index (κ2) is 9.34. The van der Waals surface area contributed by atoms with Gasteiger partial charge in [-0.3, -0.25) is 4.79 Å². The smallest absolute Gasteiger partial charge is 0.255 e. The molecule has 0 spiro atoms. The Morgan fingerprint density at radius 2 is 1.88 bits per heavy atom. The molecule has 0 saturated carbocycles. The van der Waals surface area contributed by atoms with E-state index in [1.807, 2.05) is 0 Å². The lowest BCUT2D eigenvalue weighted by Crippen LogP contribution is -2.20. The van der Waals surface area contributed by atoms with Crippen LogP contribution in [-0.2, 0) is 14.8 Å². The van der Waals surface area contributed by atoms with Crippen molar-refractivity contribution < 1.29 is 22.3 Å². The molecule has 0 radical (unpaired) electrons. The van der Waals surface area contributed by atoms with Crippen LogP contribution in [0.2, 0.25) is 5.02 Å². The van der Waals surface area contributed by atoms with E-state index in [0.29, 0.717) is 16.9 Å². The van der Waals surface area contributed by atoms with Gasteiger partial charge < -0.3 is 21.1 Å². The first-order chi connectivity index (χ1) is 15.0. The monoisotopic (exact) mass is 480 g/mol. The number of nitrogens with zero attached hydrogens (tertiary/aromatic N) is 2. The number of primary amides is 1. The fraction of sp³-hybridized carbons (Fsp3) is 0.105. The third kappa shape index (κ3) is 5.81. The van der Waals surface area contributed by atoms with Crippen molar-refractivity contribution in [1.29, 1.82) is 0 Å². The van der Waals surface area contributed by atoms with E-state index in [4.69, 9.17) is 27.2 Å². The van der Waals surface area contributed by atoms with E-state index in [1.165, 1.54) is 24.3 Å². The summed E-state index contributed by atoms with van der Waals surface area (Å²) in [4.78, 5) is 18.7. The minimum absolute atomic E-state index is 0.00521. The van der Waals surface area contributed by atoms with Gasteiger partial charge in [0.1, 0.15) is 5.75 Å². The number of nitrogens with two attached hydrogens (primary N) is 2. The van der Waals surface area contributed by atoms with Gasteiger partial charge >= 0.3 is 0 Å². The number of rotatable bonds is 8. The van der Waals surface area contributed by atoms with Gasteiger partial charge in [-0.05, 0) is 42.8 Å². The highest BCUT2D eigenvalue weighted by atomic mass is 35.5. The molecule has 0 aliphatic rings. The molecule has 0 saturated heterocycles. The number of amides is 1. The molecule has 2 aromatic carbocycles. The Morgan fingerprint density at radius 1 is 1.19 bits per heavy atom. The molecule has 1 aromatic heterocycles. The van der Waals surface area contributed by atoms with Crippen molar-refractivity contribution in [3.63, 3.8) is 0 Å². The molecule has 0 aliphatic carbocycles. The SMILES string of the molecule is Cc1ccc(Nc2ncc(F)c(Nc3ccc(OCC(N)=O)c(Cl)c3)n2)cc1S(N)(=O)=O. The molecule has 0 unspecified atom stereocenters. The van der Waals surface area contributed by atoms with Gasteiger partial charge in [0.05, 0.1) is 16.1 Å². The van der Waals surface area contributed by atoms with Gasteiger partial charge in [-0.25, -0.2) is 22.9 Å². The number of benzene rings is 2. The Hall–Kier alpha value is -3.48. The summed E-state index contributed by atoms with van der Waals surface area (Å²) < 4.78 is 42.8. The number of aromatic nitrogens is 2. The van der Waals surface area contributed by atoms with Crippen molar-refractivity contribution in [2.45, 2.75) is 11.8 Å². The number of carbonyl (C=O) groups is 1. The normalized spacial score (nSPS) is 11.1. The maximum absolute atomic E-state index is 14.2. The summed E-state index contributed by atoms with van der Waals surface area (Å²) in [6.07, 6.45) is 0.943. The largest absolute Gasteiger partial charge is 0.482 e. The molecule has 13 heteroatoms. The second-order valence-corrected chi connectivity index (χ2v) is 8.50. The second-order valence-electron chi connectivity index (χ2n) is 6.57. The number of halogens is 2. The lowest BCUT2D eigenvalue weighted by molar-refractivity contribution is -0.119. The van der Waals surface area contributed by atoms with Crippen LogP contribution in [0.3, 0.4) is 0 Å². The van der Waals surface area contributed by atoms with Gasteiger partial charge in [0.15, 0.2) is 18.2 Å². The van der Waals surface area contributed by atoms with E-state index in [-0.39, 0.29) is 34.0 Å². The first-order valence-electron chi connectivity index (χ1n) is 8.93. The van der Waals surface area contributed by atoms with Crippen molar-refractivity contribution in [2.75, 3.05) is 17.2 Å². The number of hydrogen-bond donors (Lipinski definition) is 4. The minimum atomic E-state index is -3.92. The molecule has 3 rings (SSSR count). The van der Waals surface area contributed by atoms with Gasteiger partial charge in [0.2, 0.25) is 16.0 Å². The highest BCUT2D eigenvalue weighted by molar-refractivity contribution is 7.89. The number of carbonyl (C=O) groups excluding carboxylic acids is 1. The van der Waals surface area contributed by atoms with E-state index in [1.54, 1.807) is 19.1 Å². The zero-order valence-electron chi connectivity index (χ0n) is 16.6. The van der Waals surface area contributed by atoms with Gasteiger partial charge in [-0.2, -0.15) is 4.98 Å². The van der Waals surface area contributed by atoms with Crippen LogP contribution in [-0.4, -0.2) is 30.9 Å². The maximum atomic E-state index is 14.2. The number of sulfonamides is 1. The Balaban J connectivity index is 1.81. The molecule has 10 nitrogen and oxygen atoms in total. The van der Waals surface area contributed by atoms with E-state index >= 15 is 0 Å². The van der Waals surface area contributed by atoms with Crippen LogP contribution < -0.4 is 26.2 Å². The van der Waals surface area contributed by atoms with Gasteiger partial charge in [-0.15, -0.1) is 0 Å². The molecule has 0 atom stereocenters. The fourth-order valence-corrected chi connectivity index (χ4v) is 3.65. The van der Waals surface area contributed by atoms with E-state index < -0.39 is 21.7 Å². The standard InChI is InChI=1S/C19H18ClFN6O4S/c1-10-2-3-12(7-16(10)32(23,29)30)26-19-24-8-14(21)18(27-19)25-11-4-5-15(13(20)6-11)31-9-17(22)28/h2-8H,9H2,1H3,(H2,22,28)(H2,23,29,30)(H2,24,25,26,27). The summed E-state index contributed by atoms with van der Waals surface area (Å²) in [5, 5.41) is 11.0. The number of anilines is 4. The van der Waals surface area contributed by atoms with Crippen molar-refractivity contribution in [3.05, 3.63) is 59.0 Å². The molecule has 168 valence electrons. The number of ether oxygens (including phenoxy) is 1. The van der Waals surface area contributed by atoms with Crippen LogP contribution >= 0.6 is 11.6 Å². The van der Waals surface area contributed by atoms with Crippen LogP contribution in [0, 0.1) is 12.7 Å². The highest BCUT2D eigenvalue weighted by Gasteiger charge is 2.14. The number of nitrogens with one attached hydrogen (secondary N) is 2. The zero-order valence-corrected chi connectivity index (χ0v) is 18.2. The number of primary sulfonamides is 1. The molecule has 0 bridgehead atoms. The van der Waals surface area contributed by atoms with Crippen LogP contribution in [0.5, 0.6) is 5.75 Å². The fourth-order valence-electron chi connectivity index (χ4n) is 2.61. The summed E-state index contributed by atoms with van der Waals surface area (Å²) in [5.41, 5.74) is 6.23. The average Bonchev–Trinajstić information content (AvgIpc) is 2.70. The quantitative estimate of drug-likeness (QED) is 0.382. The van der Waals surface area contributed by atoms with Crippen molar-refractivity contribution in [2.24, 2.45) is 10.9 Å². The first kappa shape index (κ1) is 23.2. The summed E-state index contributed by atoms with van der Waals surface area (Å²) in [6.45, 7) is 1.27. The summed E-state index contributed by atoms with van der Waals surface area (Å²) in [7, 11) is -3.92. The molecule has 1 heterocycles. The first-order valence-corrected chi connectivity index (χ1v) is 10.9. The predicted octanol–water partition coefficient (Wildman–Crippen LogP) is 2.58. The Kier molecular flexibility index (Phi) is 6.77. The average molecular weight is 481 g/mol. The summed E-state index contributed by atoms with van der Waals surface area (Å²) >= 11 is 6.11. The van der Waals surface area contributed by atoms with E-state index in [2.05, 4.69) is 20.6 Å². The summed E-state index contributed by atoms with van der Waals surface area (Å²) in [6, 6.07) is 8.96. The Morgan fingerprint density at radius 3 is 2.53 bits per heavy atom. The summed E-state index contributed by atoms with van der Waals surface area (Å²) in [5.74, 6) is -1.33. The lowest BCUT2D eigenvalue weighted by atomic mass is 10.2. The Bertz CT molecular complexity index is 1290. The lowest BCUT2D eigenvalue weighted by Gasteiger charge is -2.12. The number of aryl methyl sites for hydroxylation is 1. The van der Waals surface area contributed by atoms with E-state index in [9.17, 15) is 17.6 Å². The molecule has 3 aromatic rings. The van der Waals surface area contributed by atoms with Gasteiger partial charge in [0, 0.05) is 11.4 Å². The highest BCUT2D eigenvalue weighted by Crippen LogP contribution is 2.30. The van der Waals surface area contributed by atoms with Crippen LogP contribution in [0.4, 0.5) is 27.5 Å². The third-order valence-electron chi connectivity index (χ3n) is 4.06. The van der Waals surface area contributed by atoms with Gasteiger partial charge in [-0.1, -0.05) is 17.7 Å². The van der Waals surface area contributed by atoms with Crippen LogP contribution in [0.1, 0.15) is 5.56 Å². The molecular weight excluding hydrogens is 463 g/mol. The van der Waals surface area contributed by atoms with E-state index in [0.717, 1.165) is 6.20 Å². The van der Waals surface area contributed by atoms with Crippen LogP contribution in [0.15, 0.2) is 47.5 Å². The van der Waals surface area contributed by atoms with Crippen LogP contribution in [0.25, 0.3) is 0 Å². The van der Waals surface area contributed by atoms with Crippen molar-refractivity contribution in [1.82, 2.24) is 9.97 Å². The molecule has 0 fully saturated rings. The predicted molar refractivity (Wildman–Crippen MR) is 117 cm³/mol. The van der Waals surface area contributed by atoms with Gasteiger partial charge in [0.25, 0.3) is 5.91 Å². The number of hydrogen-bond acceptors (Lipinski definition) is 8. The molecule has 32 heavy (non-hydrogen) atoms. The minimum Gasteiger partial charge on any atom is -0.482 e. The molecule has 1 amide bonds. The topological polar surface area (TPSA) is 162 Å². The molecule has 0 aliphatic heterocycles. The third-order valence-corrected chi connectivity index (χ3v) is 5.41. The molecular formula is C19H18ClFN6O4S.